The van der Waals surface area contributed by atoms with Crippen molar-refractivity contribution < 1.29 is 0 Å². The fourth-order valence-corrected chi connectivity index (χ4v) is 2.42. The molecule has 0 atom stereocenters. The van der Waals surface area contributed by atoms with Gasteiger partial charge in [-0.3, -0.25) is 10.4 Å². The number of rotatable bonds is 4. The molecule has 112 valence electrons. The van der Waals surface area contributed by atoms with E-state index in [0.29, 0.717) is 16.5 Å². The smallest absolute Gasteiger partial charge is 0.205 e. The van der Waals surface area contributed by atoms with Crippen molar-refractivity contribution in [2.24, 2.45) is 5.10 Å². The van der Waals surface area contributed by atoms with Crippen molar-refractivity contribution in [3.8, 4) is 17.3 Å². The number of nitrogens with zero attached hydrogens (tertiary/aromatic N) is 4. The molecule has 0 saturated carbocycles. The molecule has 0 amide bonds. The van der Waals surface area contributed by atoms with Gasteiger partial charge in [0.15, 0.2) is 0 Å². The van der Waals surface area contributed by atoms with E-state index in [2.05, 4.69) is 26.6 Å². The van der Waals surface area contributed by atoms with Crippen LogP contribution >= 0.6 is 11.3 Å². The predicted octanol–water partition coefficient (Wildman–Crippen LogP) is 3.10. The Hall–Kier alpha value is -3.24. The summed E-state index contributed by atoms with van der Waals surface area (Å²) in [6.07, 6.45) is 3.27. The van der Waals surface area contributed by atoms with Crippen molar-refractivity contribution in [2.75, 3.05) is 11.2 Å². The minimum Gasteiger partial charge on any atom is -0.383 e. The number of anilines is 2. The van der Waals surface area contributed by atoms with Crippen LogP contribution in [0.4, 0.5) is 10.9 Å². The van der Waals surface area contributed by atoms with Crippen LogP contribution in [0.5, 0.6) is 0 Å². The minimum atomic E-state index is 0.479. The Morgan fingerprint density at radius 1 is 1.22 bits per heavy atom. The molecule has 0 radical (unpaired) electrons. The number of thiazole rings is 1. The van der Waals surface area contributed by atoms with Gasteiger partial charge in [0.1, 0.15) is 11.9 Å². The molecule has 0 bridgehead atoms. The summed E-state index contributed by atoms with van der Waals surface area (Å²) in [6, 6.07) is 13.4. The highest BCUT2D eigenvalue weighted by atomic mass is 32.1. The number of pyridine rings is 1. The molecular weight excluding hydrogens is 308 g/mol. The molecule has 0 aliphatic heterocycles. The van der Waals surface area contributed by atoms with Crippen molar-refractivity contribution in [2.45, 2.75) is 0 Å². The molecule has 3 N–H and O–H groups in total. The Bertz CT molecular complexity index is 859. The Morgan fingerprint density at radius 3 is 2.65 bits per heavy atom. The zero-order valence-corrected chi connectivity index (χ0v) is 12.8. The normalized spacial score (nSPS) is 10.6. The summed E-state index contributed by atoms with van der Waals surface area (Å²) in [7, 11) is 0. The Morgan fingerprint density at radius 2 is 2.04 bits per heavy atom. The quantitative estimate of drug-likeness (QED) is 0.568. The SMILES string of the molecule is N#Cc1ccc(-c2ccc(C=NNc3nc(N)cs3)cc2)nc1. The van der Waals surface area contributed by atoms with Crippen LogP contribution in [0.3, 0.4) is 0 Å². The van der Waals surface area contributed by atoms with Crippen molar-refractivity contribution >= 4 is 28.5 Å². The molecule has 7 heteroatoms. The molecule has 0 unspecified atom stereocenters. The number of nitriles is 1. The van der Waals surface area contributed by atoms with Crippen LogP contribution in [-0.2, 0) is 0 Å². The summed E-state index contributed by atoms with van der Waals surface area (Å²) >= 11 is 1.40. The molecule has 3 aromatic rings. The molecule has 0 fully saturated rings. The molecule has 1 aromatic carbocycles. The van der Waals surface area contributed by atoms with Gasteiger partial charge >= 0.3 is 0 Å². The molecule has 0 aliphatic rings. The third-order valence-corrected chi connectivity index (χ3v) is 3.76. The summed E-state index contributed by atoms with van der Waals surface area (Å²) in [6.45, 7) is 0. The first-order chi connectivity index (χ1) is 11.2. The number of hydrazone groups is 1. The standard InChI is InChI=1S/C16H12N6S/c17-7-12-3-6-14(19-8-12)13-4-1-11(2-5-13)9-20-22-16-21-15(18)10-23-16/h1-6,8-10H,18H2,(H,21,22). The molecule has 3 rings (SSSR count). The highest BCUT2D eigenvalue weighted by Gasteiger charge is 2.00. The molecule has 0 aliphatic carbocycles. The average molecular weight is 320 g/mol. The highest BCUT2D eigenvalue weighted by Crippen LogP contribution is 2.18. The molecule has 23 heavy (non-hydrogen) atoms. The fraction of sp³-hybridized carbons (Fsp3) is 0. The summed E-state index contributed by atoms with van der Waals surface area (Å²) in [5.41, 5.74) is 11.7. The van der Waals surface area contributed by atoms with Gasteiger partial charge in [0, 0.05) is 17.1 Å². The van der Waals surface area contributed by atoms with E-state index in [9.17, 15) is 0 Å². The molecule has 2 aromatic heterocycles. The van der Waals surface area contributed by atoms with E-state index in [0.717, 1.165) is 16.8 Å². The number of benzene rings is 1. The lowest BCUT2D eigenvalue weighted by molar-refractivity contribution is 1.29. The Labute approximate surface area is 137 Å². The average Bonchev–Trinajstić information content (AvgIpc) is 3.01. The summed E-state index contributed by atoms with van der Waals surface area (Å²) in [5, 5.41) is 15.3. The predicted molar refractivity (Wildman–Crippen MR) is 92.1 cm³/mol. The van der Waals surface area contributed by atoms with Crippen molar-refractivity contribution in [1.29, 1.82) is 5.26 Å². The lowest BCUT2D eigenvalue weighted by Crippen LogP contribution is -1.91. The molecular formula is C16H12N6S. The van der Waals surface area contributed by atoms with E-state index in [4.69, 9.17) is 11.0 Å². The maximum Gasteiger partial charge on any atom is 0.205 e. The highest BCUT2D eigenvalue weighted by molar-refractivity contribution is 7.14. The molecule has 2 heterocycles. The van der Waals surface area contributed by atoms with Gasteiger partial charge in [-0.25, -0.2) is 4.98 Å². The topological polar surface area (TPSA) is 100.0 Å². The zero-order chi connectivity index (χ0) is 16.1. The van der Waals surface area contributed by atoms with E-state index >= 15 is 0 Å². The second-order valence-electron chi connectivity index (χ2n) is 4.61. The van der Waals surface area contributed by atoms with Crippen LogP contribution in [0.15, 0.2) is 53.1 Å². The van der Waals surface area contributed by atoms with E-state index < -0.39 is 0 Å². The number of aromatic nitrogens is 2. The van der Waals surface area contributed by atoms with Crippen LogP contribution in [0.25, 0.3) is 11.3 Å². The van der Waals surface area contributed by atoms with E-state index in [1.165, 1.54) is 11.3 Å². The maximum atomic E-state index is 8.78. The van der Waals surface area contributed by atoms with Crippen molar-refractivity contribution in [1.82, 2.24) is 9.97 Å². The van der Waals surface area contributed by atoms with Crippen molar-refractivity contribution in [3.05, 3.63) is 59.1 Å². The Kier molecular flexibility index (Phi) is 4.27. The van der Waals surface area contributed by atoms with Gasteiger partial charge in [-0.2, -0.15) is 10.4 Å². The summed E-state index contributed by atoms with van der Waals surface area (Å²) in [5.74, 6) is 0.479. The Balaban J connectivity index is 1.67. The zero-order valence-electron chi connectivity index (χ0n) is 12.0. The van der Waals surface area contributed by atoms with E-state index in [1.54, 1.807) is 23.9 Å². The van der Waals surface area contributed by atoms with Gasteiger partial charge in [-0.15, -0.1) is 11.3 Å². The number of hydrogen-bond donors (Lipinski definition) is 2. The van der Waals surface area contributed by atoms with Crippen molar-refractivity contribution in [3.63, 3.8) is 0 Å². The monoisotopic (exact) mass is 320 g/mol. The molecule has 0 spiro atoms. The third kappa shape index (κ3) is 3.70. The van der Waals surface area contributed by atoms with E-state index in [1.807, 2.05) is 30.3 Å². The summed E-state index contributed by atoms with van der Waals surface area (Å²) in [4.78, 5) is 8.32. The van der Waals surface area contributed by atoms with Crippen LogP contribution in [0, 0.1) is 11.3 Å². The van der Waals surface area contributed by atoms with E-state index in [-0.39, 0.29) is 0 Å². The number of nitrogens with two attached hydrogens (primary N) is 1. The molecule has 6 nitrogen and oxygen atoms in total. The van der Waals surface area contributed by atoms with Gasteiger partial charge < -0.3 is 5.73 Å². The van der Waals surface area contributed by atoms with Crippen LogP contribution in [0.2, 0.25) is 0 Å². The molecule has 0 saturated heterocycles. The van der Waals surface area contributed by atoms with Gasteiger partial charge in [0.2, 0.25) is 5.13 Å². The van der Waals surface area contributed by atoms with Crippen LogP contribution in [-0.4, -0.2) is 16.2 Å². The van der Waals surface area contributed by atoms with Crippen LogP contribution < -0.4 is 11.2 Å². The number of hydrogen-bond acceptors (Lipinski definition) is 7. The van der Waals surface area contributed by atoms with Gasteiger partial charge in [-0.1, -0.05) is 24.3 Å². The first-order valence-corrected chi connectivity index (χ1v) is 7.59. The maximum absolute atomic E-state index is 8.78. The second kappa shape index (κ2) is 6.68. The van der Waals surface area contributed by atoms with Gasteiger partial charge in [0.25, 0.3) is 0 Å². The van der Waals surface area contributed by atoms with Gasteiger partial charge in [0.05, 0.1) is 17.5 Å². The lowest BCUT2D eigenvalue weighted by Gasteiger charge is -2.01. The largest absolute Gasteiger partial charge is 0.383 e. The summed E-state index contributed by atoms with van der Waals surface area (Å²) < 4.78 is 0. The second-order valence-corrected chi connectivity index (χ2v) is 5.47. The number of nitrogens with one attached hydrogen (secondary N) is 1. The first-order valence-electron chi connectivity index (χ1n) is 6.71. The third-order valence-electron chi connectivity index (χ3n) is 2.99. The number of nitrogen functional groups attached to an aromatic ring is 1. The van der Waals surface area contributed by atoms with Gasteiger partial charge in [-0.05, 0) is 17.7 Å². The minimum absolute atomic E-state index is 0.479. The first kappa shape index (κ1) is 14.7. The van der Waals surface area contributed by atoms with Crippen LogP contribution in [0.1, 0.15) is 11.1 Å². The fourth-order valence-electron chi connectivity index (χ4n) is 1.87. The lowest BCUT2D eigenvalue weighted by atomic mass is 10.1.